The Hall–Kier alpha value is -3.35. The van der Waals surface area contributed by atoms with Crippen LogP contribution in [-0.4, -0.2) is 35.1 Å². The van der Waals surface area contributed by atoms with E-state index >= 15 is 0 Å². The third-order valence-corrected chi connectivity index (χ3v) is 4.27. The van der Waals surface area contributed by atoms with E-state index in [1.165, 1.54) is 23.8 Å². The second-order valence-corrected chi connectivity index (χ2v) is 5.93. The highest BCUT2D eigenvalue weighted by molar-refractivity contribution is 6.08. The first-order valence-electron chi connectivity index (χ1n) is 8.17. The van der Waals surface area contributed by atoms with E-state index in [1.54, 1.807) is 45.2 Å². The molecule has 7 heteroatoms. The number of carbonyl (C=O) groups excluding carboxylic acids is 2. The number of esters is 1. The summed E-state index contributed by atoms with van der Waals surface area (Å²) >= 11 is 0. The van der Waals surface area contributed by atoms with Crippen molar-refractivity contribution < 1.29 is 24.2 Å². The third-order valence-electron chi connectivity index (χ3n) is 4.27. The summed E-state index contributed by atoms with van der Waals surface area (Å²) in [4.78, 5) is 35.9. The molecule has 0 aliphatic rings. The number of ketones is 1. The number of benzene rings is 1. The van der Waals surface area contributed by atoms with Gasteiger partial charge in [-0.3, -0.25) is 9.59 Å². The summed E-state index contributed by atoms with van der Waals surface area (Å²) in [6.45, 7) is 3.11. The van der Waals surface area contributed by atoms with Gasteiger partial charge >= 0.3 is 5.97 Å². The SMILES string of the molecule is COC(=O)COc1cccc(/C=C/C(=O)c2c(O)c(C)c(C)n(C)c2=O)c1. The molecule has 0 spiro atoms. The van der Waals surface area contributed by atoms with Crippen LogP contribution in [0.1, 0.15) is 27.2 Å². The molecule has 0 bridgehead atoms. The number of hydrogen-bond acceptors (Lipinski definition) is 6. The number of allylic oxidation sites excluding steroid dienone is 1. The average Bonchev–Trinajstić information content (AvgIpc) is 2.67. The number of aromatic nitrogens is 1. The van der Waals surface area contributed by atoms with Gasteiger partial charge in [0, 0.05) is 18.3 Å². The van der Waals surface area contributed by atoms with E-state index in [0.29, 0.717) is 22.6 Å². The summed E-state index contributed by atoms with van der Waals surface area (Å²) in [7, 11) is 2.82. The van der Waals surface area contributed by atoms with Crippen LogP contribution in [0.4, 0.5) is 0 Å². The average molecular weight is 371 g/mol. The number of carbonyl (C=O) groups is 2. The Balaban J connectivity index is 2.26. The molecule has 7 nitrogen and oxygen atoms in total. The first-order valence-corrected chi connectivity index (χ1v) is 8.17. The molecule has 142 valence electrons. The maximum Gasteiger partial charge on any atom is 0.343 e. The molecule has 0 atom stereocenters. The highest BCUT2D eigenvalue weighted by Gasteiger charge is 2.19. The smallest absolute Gasteiger partial charge is 0.343 e. The van der Waals surface area contributed by atoms with Crippen LogP contribution in [0.25, 0.3) is 6.08 Å². The summed E-state index contributed by atoms with van der Waals surface area (Å²) in [5.74, 6) is -0.982. The number of ether oxygens (including phenoxy) is 2. The Morgan fingerprint density at radius 2 is 1.96 bits per heavy atom. The van der Waals surface area contributed by atoms with Crippen molar-refractivity contribution in [3.8, 4) is 11.5 Å². The molecule has 0 aliphatic carbocycles. The van der Waals surface area contributed by atoms with Crippen molar-refractivity contribution in [1.82, 2.24) is 4.57 Å². The molecule has 1 heterocycles. The number of aromatic hydroxyl groups is 1. The summed E-state index contributed by atoms with van der Waals surface area (Å²) < 4.78 is 11.1. The van der Waals surface area contributed by atoms with Crippen molar-refractivity contribution >= 4 is 17.8 Å². The third kappa shape index (κ3) is 4.44. The lowest BCUT2D eigenvalue weighted by Crippen LogP contribution is -2.26. The van der Waals surface area contributed by atoms with Gasteiger partial charge < -0.3 is 19.1 Å². The minimum Gasteiger partial charge on any atom is -0.507 e. The van der Waals surface area contributed by atoms with Crippen LogP contribution < -0.4 is 10.3 Å². The van der Waals surface area contributed by atoms with Gasteiger partial charge in [0.25, 0.3) is 5.56 Å². The fourth-order valence-electron chi connectivity index (χ4n) is 2.42. The zero-order valence-electron chi connectivity index (χ0n) is 15.6. The van der Waals surface area contributed by atoms with Crippen molar-refractivity contribution in [2.45, 2.75) is 13.8 Å². The van der Waals surface area contributed by atoms with Gasteiger partial charge in [-0.25, -0.2) is 4.79 Å². The maximum atomic E-state index is 12.5. The van der Waals surface area contributed by atoms with E-state index in [2.05, 4.69) is 4.74 Å². The Bertz CT molecular complexity index is 971. The second kappa shape index (κ2) is 8.35. The van der Waals surface area contributed by atoms with Crippen LogP contribution in [0.2, 0.25) is 0 Å². The van der Waals surface area contributed by atoms with Crippen molar-refractivity contribution in [2.24, 2.45) is 7.05 Å². The first kappa shape index (κ1) is 20.0. The Labute approximate surface area is 156 Å². The highest BCUT2D eigenvalue weighted by Crippen LogP contribution is 2.22. The van der Waals surface area contributed by atoms with Crippen LogP contribution in [0.15, 0.2) is 35.1 Å². The summed E-state index contributed by atoms with van der Waals surface area (Å²) in [5.41, 5.74) is 0.877. The van der Waals surface area contributed by atoms with Gasteiger partial charge in [0.2, 0.25) is 0 Å². The van der Waals surface area contributed by atoms with Crippen LogP contribution in [0.3, 0.4) is 0 Å². The molecule has 27 heavy (non-hydrogen) atoms. The van der Waals surface area contributed by atoms with Gasteiger partial charge in [0.1, 0.15) is 17.1 Å². The van der Waals surface area contributed by atoms with Gasteiger partial charge in [-0.2, -0.15) is 0 Å². The lowest BCUT2D eigenvalue weighted by Gasteiger charge is -2.11. The topological polar surface area (TPSA) is 94.8 Å². The number of methoxy groups -OCH3 is 1. The van der Waals surface area contributed by atoms with Crippen LogP contribution in [0.5, 0.6) is 11.5 Å². The number of rotatable bonds is 6. The standard InChI is InChI=1S/C20H21NO6/c1-12-13(2)21(3)20(25)18(19(12)24)16(22)9-8-14-6-5-7-15(10-14)27-11-17(23)26-4/h5-10,24H,11H2,1-4H3/b9-8+. The van der Waals surface area contributed by atoms with Gasteiger partial charge in [-0.05, 0) is 37.6 Å². The minimum atomic E-state index is -0.600. The molecule has 1 aromatic carbocycles. The minimum absolute atomic E-state index is 0.227. The van der Waals surface area contributed by atoms with E-state index in [9.17, 15) is 19.5 Å². The van der Waals surface area contributed by atoms with E-state index < -0.39 is 17.3 Å². The number of nitrogens with zero attached hydrogens (tertiary/aromatic N) is 1. The molecular weight excluding hydrogens is 350 g/mol. The Kier molecular flexibility index (Phi) is 6.18. The fourth-order valence-corrected chi connectivity index (χ4v) is 2.42. The maximum absolute atomic E-state index is 12.5. The molecule has 1 N–H and O–H groups in total. The van der Waals surface area contributed by atoms with Crippen molar-refractivity contribution in [3.05, 3.63) is 63.1 Å². The molecule has 0 fully saturated rings. The largest absolute Gasteiger partial charge is 0.507 e. The zero-order valence-corrected chi connectivity index (χ0v) is 15.6. The normalized spacial score (nSPS) is 10.8. The number of pyridine rings is 1. The molecule has 0 aliphatic heterocycles. The summed E-state index contributed by atoms with van der Waals surface area (Å²) in [6.07, 6.45) is 2.71. The molecule has 2 rings (SSSR count). The molecule has 0 unspecified atom stereocenters. The van der Waals surface area contributed by atoms with Crippen LogP contribution in [-0.2, 0) is 16.6 Å². The Morgan fingerprint density at radius 3 is 2.63 bits per heavy atom. The highest BCUT2D eigenvalue weighted by atomic mass is 16.6. The zero-order chi connectivity index (χ0) is 20.1. The summed E-state index contributed by atoms with van der Waals surface area (Å²) in [6, 6.07) is 6.72. The first-order chi connectivity index (χ1) is 12.8. The van der Waals surface area contributed by atoms with Crippen molar-refractivity contribution in [2.75, 3.05) is 13.7 Å². The fraction of sp³-hybridized carbons (Fsp3) is 0.250. The van der Waals surface area contributed by atoms with E-state index in [4.69, 9.17) is 4.74 Å². The second-order valence-electron chi connectivity index (χ2n) is 5.93. The van der Waals surface area contributed by atoms with E-state index in [0.717, 1.165) is 0 Å². The molecule has 1 aromatic heterocycles. The predicted octanol–water partition coefficient (Wildman–Crippen LogP) is 2.16. The quantitative estimate of drug-likeness (QED) is 0.475. The molecule has 0 radical (unpaired) electrons. The lowest BCUT2D eigenvalue weighted by atomic mass is 10.0. The van der Waals surface area contributed by atoms with Crippen molar-refractivity contribution in [1.29, 1.82) is 0 Å². The van der Waals surface area contributed by atoms with E-state index in [1.807, 2.05) is 0 Å². The lowest BCUT2D eigenvalue weighted by molar-refractivity contribution is -0.142. The molecular formula is C20H21NO6. The van der Waals surface area contributed by atoms with Gasteiger partial charge in [-0.1, -0.05) is 18.2 Å². The van der Waals surface area contributed by atoms with Crippen LogP contribution in [0, 0.1) is 13.8 Å². The molecule has 0 amide bonds. The Morgan fingerprint density at radius 1 is 1.26 bits per heavy atom. The van der Waals surface area contributed by atoms with Gasteiger partial charge in [0.15, 0.2) is 12.4 Å². The molecule has 2 aromatic rings. The van der Waals surface area contributed by atoms with Gasteiger partial charge in [-0.15, -0.1) is 0 Å². The summed E-state index contributed by atoms with van der Waals surface area (Å²) in [5, 5.41) is 10.2. The predicted molar refractivity (Wildman–Crippen MR) is 100 cm³/mol. The van der Waals surface area contributed by atoms with Crippen LogP contribution >= 0.6 is 0 Å². The monoisotopic (exact) mass is 371 g/mol. The molecule has 0 saturated heterocycles. The van der Waals surface area contributed by atoms with Gasteiger partial charge in [0.05, 0.1) is 7.11 Å². The number of hydrogen-bond donors (Lipinski definition) is 1. The van der Waals surface area contributed by atoms with Crippen molar-refractivity contribution in [3.63, 3.8) is 0 Å². The molecule has 0 saturated carbocycles. The van der Waals surface area contributed by atoms with E-state index in [-0.39, 0.29) is 17.9 Å².